The van der Waals surface area contributed by atoms with Gasteiger partial charge in [-0.1, -0.05) is 37.4 Å². The Morgan fingerprint density at radius 2 is 1.82 bits per heavy atom. The highest BCUT2D eigenvalue weighted by Gasteiger charge is 2.44. The maximum Gasteiger partial charge on any atom is 0.419 e. The highest BCUT2D eigenvalue weighted by atomic mass is 32.2. The number of aliphatic carboxylic acids is 1. The number of hydrogen-bond acceptors (Lipinski definition) is 8. The van der Waals surface area contributed by atoms with E-state index in [2.05, 4.69) is 15.1 Å². The van der Waals surface area contributed by atoms with E-state index in [0.717, 1.165) is 26.2 Å². The summed E-state index contributed by atoms with van der Waals surface area (Å²) in [5.74, 6) is -3.55. The van der Waals surface area contributed by atoms with Crippen LogP contribution in [0.25, 0.3) is 21.3 Å². The molecule has 0 saturated heterocycles. The lowest BCUT2D eigenvalue weighted by Gasteiger charge is -2.25. The summed E-state index contributed by atoms with van der Waals surface area (Å²) in [7, 11) is -5.38. The monoisotopic (exact) mass is 672 g/mol. The quantitative estimate of drug-likeness (QED) is 0.217. The number of thiazole rings is 1. The largest absolute Gasteiger partial charge is 0.481 e. The van der Waals surface area contributed by atoms with Gasteiger partial charge in [-0.25, -0.2) is 17.8 Å². The molecule has 2 aromatic heterocycles. The molecule has 1 aliphatic carbocycles. The van der Waals surface area contributed by atoms with Crippen molar-refractivity contribution in [3.63, 3.8) is 0 Å². The van der Waals surface area contributed by atoms with E-state index in [0.29, 0.717) is 23.5 Å². The molecule has 0 radical (unpaired) electrons. The molecule has 242 valence electrons. The van der Waals surface area contributed by atoms with E-state index < -0.39 is 68.1 Å². The number of aromatic nitrogens is 3. The second kappa shape index (κ2) is 12.0. The summed E-state index contributed by atoms with van der Waals surface area (Å²) < 4.78 is 130. The van der Waals surface area contributed by atoms with Crippen LogP contribution in [0, 0.1) is 17.2 Å². The van der Waals surface area contributed by atoms with Gasteiger partial charge in [-0.2, -0.15) is 36.0 Å². The van der Waals surface area contributed by atoms with Crippen molar-refractivity contribution in [2.24, 2.45) is 11.3 Å². The van der Waals surface area contributed by atoms with Crippen LogP contribution in [0.2, 0.25) is 0 Å². The van der Waals surface area contributed by atoms with Crippen LogP contribution in [0.1, 0.15) is 63.6 Å². The Labute approximate surface area is 250 Å². The average Bonchev–Trinajstić information content (AvgIpc) is 3.49. The molecular weight excluding hydrogens is 645 g/mol. The lowest BCUT2D eigenvalue weighted by Crippen LogP contribution is -2.45. The first kappa shape index (κ1) is 33.8. The van der Waals surface area contributed by atoms with E-state index in [1.807, 2.05) is 0 Å². The van der Waals surface area contributed by atoms with Gasteiger partial charge >= 0.3 is 18.3 Å². The molecule has 4 rings (SSSR count). The molecular formula is C26H27F7N4O5S2. The highest BCUT2D eigenvalue weighted by molar-refractivity contribution is 7.89. The van der Waals surface area contributed by atoms with E-state index in [-0.39, 0.29) is 46.1 Å². The minimum absolute atomic E-state index is 0.0136. The third-order valence-electron chi connectivity index (χ3n) is 7.26. The van der Waals surface area contributed by atoms with Crippen LogP contribution in [-0.4, -0.2) is 46.8 Å². The lowest BCUT2D eigenvalue weighted by molar-refractivity contribution is -0.151. The lowest BCUT2D eigenvalue weighted by atomic mass is 9.81. The van der Waals surface area contributed by atoms with Crippen molar-refractivity contribution in [3.8, 4) is 21.3 Å². The Kier molecular flexibility index (Phi) is 9.21. The van der Waals surface area contributed by atoms with Crippen LogP contribution < -0.4 is 4.72 Å². The summed E-state index contributed by atoms with van der Waals surface area (Å²) in [5, 5.41) is 13.1. The molecule has 0 aliphatic heterocycles. The van der Waals surface area contributed by atoms with Crippen molar-refractivity contribution in [2.75, 3.05) is 0 Å². The number of halogens is 7. The summed E-state index contributed by atoms with van der Waals surface area (Å²) in [4.78, 5) is 18.2. The van der Waals surface area contributed by atoms with Gasteiger partial charge in [0.15, 0.2) is 10.8 Å². The molecule has 0 bridgehead atoms. The van der Waals surface area contributed by atoms with Crippen LogP contribution in [0.5, 0.6) is 0 Å². The Balaban J connectivity index is 1.83. The summed E-state index contributed by atoms with van der Waals surface area (Å²) >= 11 is 0.657. The van der Waals surface area contributed by atoms with Gasteiger partial charge in [0.1, 0.15) is 16.5 Å². The Morgan fingerprint density at radius 1 is 1.16 bits per heavy atom. The predicted molar refractivity (Wildman–Crippen MR) is 142 cm³/mol. The smallest absolute Gasteiger partial charge is 0.419 e. The molecule has 1 unspecified atom stereocenters. The van der Waals surface area contributed by atoms with Crippen LogP contribution in [0.4, 0.5) is 30.7 Å². The fourth-order valence-corrected chi connectivity index (χ4v) is 6.93. The first-order valence-electron chi connectivity index (χ1n) is 13.3. The molecule has 2 heterocycles. The number of nitrogens with one attached hydrogen (secondary N) is 1. The summed E-state index contributed by atoms with van der Waals surface area (Å²) in [5.41, 5.74) is -3.89. The Morgan fingerprint density at radius 3 is 2.34 bits per heavy atom. The van der Waals surface area contributed by atoms with Crippen LogP contribution in [0.15, 0.2) is 21.6 Å². The summed E-state index contributed by atoms with van der Waals surface area (Å²) in [6, 6.07) is -1.48. The Bertz CT molecular complexity index is 1640. The van der Waals surface area contributed by atoms with Crippen LogP contribution >= 0.6 is 11.3 Å². The summed E-state index contributed by atoms with van der Waals surface area (Å²) in [6.07, 6.45) is -8.85. The molecule has 44 heavy (non-hydrogen) atoms. The first-order valence-corrected chi connectivity index (χ1v) is 15.6. The average molecular weight is 673 g/mol. The van der Waals surface area contributed by atoms with Gasteiger partial charge in [0, 0.05) is 12.0 Å². The van der Waals surface area contributed by atoms with E-state index in [1.165, 1.54) is 18.6 Å². The molecule has 0 amide bonds. The SMILES string of the molecule is CCC(NS(=O)(=O)c1ccc(-c2sc(-c3noc(CC(C)(C)C(=O)O)n3)nc2CC2CCC2)c(C(F)(F)F)c1F)C(F)(F)F. The number of rotatable bonds is 11. The topological polar surface area (TPSA) is 135 Å². The van der Waals surface area contributed by atoms with Gasteiger partial charge in [-0.15, -0.1) is 11.3 Å². The number of benzene rings is 1. The van der Waals surface area contributed by atoms with Gasteiger partial charge in [0.05, 0.1) is 16.0 Å². The van der Waals surface area contributed by atoms with Crippen molar-refractivity contribution in [1.29, 1.82) is 0 Å². The minimum atomic E-state index is -5.46. The molecule has 2 N–H and O–H groups in total. The van der Waals surface area contributed by atoms with Gasteiger partial charge < -0.3 is 9.63 Å². The number of hydrogen-bond donors (Lipinski definition) is 2. The van der Waals surface area contributed by atoms with Crippen molar-refractivity contribution < 1.29 is 53.6 Å². The minimum Gasteiger partial charge on any atom is -0.481 e. The van der Waals surface area contributed by atoms with E-state index in [9.17, 15) is 44.7 Å². The third-order valence-corrected chi connectivity index (χ3v) is 9.88. The highest BCUT2D eigenvalue weighted by Crippen LogP contribution is 2.46. The second-order valence-corrected chi connectivity index (χ2v) is 13.8. The molecule has 1 saturated carbocycles. The maximum atomic E-state index is 15.6. The van der Waals surface area contributed by atoms with Crippen molar-refractivity contribution in [1.82, 2.24) is 19.8 Å². The summed E-state index contributed by atoms with van der Waals surface area (Å²) in [6.45, 7) is 3.86. The van der Waals surface area contributed by atoms with Crippen molar-refractivity contribution in [2.45, 2.75) is 82.6 Å². The molecule has 1 aromatic carbocycles. The normalized spacial score (nSPS) is 15.8. The number of carboxylic acid groups (broad SMARTS) is 1. The van der Waals surface area contributed by atoms with E-state index in [4.69, 9.17) is 4.52 Å². The third kappa shape index (κ3) is 7.06. The van der Waals surface area contributed by atoms with Crippen LogP contribution in [-0.2, 0) is 33.8 Å². The number of carbonyl (C=O) groups is 1. The zero-order valence-corrected chi connectivity index (χ0v) is 25.1. The molecule has 1 aliphatic rings. The maximum absolute atomic E-state index is 15.6. The molecule has 18 heteroatoms. The van der Waals surface area contributed by atoms with E-state index in [1.54, 1.807) is 0 Å². The zero-order chi connectivity index (χ0) is 32.8. The number of alkyl halides is 6. The van der Waals surface area contributed by atoms with Crippen molar-refractivity contribution in [3.05, 3.63) is 35.1 Å². The standard InChI is InChI=1S/C26H27F7N4O5S2/c1-4-16(25(28,29)30)37-44(40,41)15-9-8-13(18(19(15)27)26(31,32)33)20-14(10-12-6-5-7-12)34-22(43-20)21-35-17(42-36-21)11-24(2,3)23(38)39/h8-9,12,16,37H,4-7,10-11H2,1-3H3,(H,38,39). The fraction of sp³-hybridized carbons (Fsp3) is 0.538. The number of nitrogens with zero attached hydrogens (tertiary/aromatic N) is 3. The fourth-order valence-electron chi connectivity index (χ4n) is 4.50. The van der Waals surface area contributed by atoms with Gasteiger partial charge in [-0.3, -0.25) is 4.79 Å². The Hall–Kier alpha value is -3.12. The number of carboxylic acids is 1. The van der Waals surface area contributed by atoms with Crippen molar-refractivity contribution >= 4 is 27.3 Å². The first-order chi connectivity index (χ1) is 20.2. The van der Waals surface area contributed by atoms with E-state index >= 15 is 4.39 Å². The van der Waals surface area contributed by atoms with Gasteiger partial charge in [0.25, 0.3) is 0 Å². The second-order valence-electron chi connectivity index (χ2n) is 11.1. The number of sulfonamides is 1. The molecule has 1 atom stereocenters. The molecule has 9 nitrogen and oxygen atoms in total. The van der Waals surface area contributed by atoms with Gasteiger partial charge in [-0.05, 0) is 38.7 Å². The molecule has 3 aromatic rings. The predicted octanol–water partition coefficient (Wildman–Crippen LogP) is 6.63. The molecule has 1 fully saturated rings. The van der Waals surface area contributed by atoms with Crippen LogP contribution in [0.3, 0.4) is 0 Å². The van der Waals surface area contributed by atoms with Gasteiger partial charge in [0.2, 0.25) is 21.7 Å². The zero-order valence-electron chi connectivity index (χ0n) is 23.4. The molecule has 0 spiro atoms.